The highest BCUT2D eigenvalue weighted by Crippen LogP contribution is 2.30. The van der Waals surface area contributed by atoms with Crippen LogP contribution >= 0.6 is 0 Å². The maximum absolute atomic E-state index is 12.8. The molecule has 1 fully saturated rings. The van der Waals surface area contributed by atoms with E-state index in [9.17, 15) is 18.0 Å². The van der Waals surface area contributed by atoms with Gasteiger partial charge >= 0.3 is 6.18 Å². The molecule has 3 aromatic rings. The fourth-order valence-corrected chi connectivity index (χ4v) is 4.24. The number of anilines is 2. The van der Waals surface area contributed by atoms with E-state index in [1.165, 1.54) is 13.0 Å². The number of hydrogen-bond donors (Lipinski definition) is 3. The van der Waals surface area contributed by atoms with Crippen molar-refractivity contribution in [3.63, 3.8) is 0 Å². The van der Waals surface area contributed by atoms with Crippen LogP contribution in [0.3, 0.4) is 0 Å². The minimum Gasteiger partial charge on any atom is -0.368 e. The van der Waals surface area contributed by atoms with E-state index in [1.54, 1.807) is 6.20 Å². The first-order chi connectivity index (χ1) is 17.2. The zero-order valence-electron chi connectivity index (χ0n) is 20.1. The van der Waals surface area contributed by atoms with Crippen molar-refractivity contribution in [3.05, 3.63) is 54.0 Å². The fourth-order valence-electron chi connectivity index (χ4n) is 4.24. The zero-order valence-corrected chi connectivity index (χ0v) is 20.1. The lowest BCUT2D eigenvalue weighted by Gasteiger charge is -2.40. The Hall–Kier alpha value is -3.67. The lowest BCUT2D eigenvalue weighted by atomic mass is 10.1. The number of piperazine rings is 1. The van der Waals surface area contributed by atoms with Crippen LogP contribution in [0.4, 0.5) is 24.8 Å². The number of aromatic amines is 1. The normalized spacial score (nSPS) is 16.7. The minimum atomic E-state index is -4.39. The number of carbonyl (C=O) groups is 1. The van der Waals surface area contributed by atoms with Crippen molar-refractivity contribution < 1.29 is 18.0 Å². The molecule has 4 rings (SSSR count). The summed E-state index contributed by atoms with van der Waals surface area (Å²) in [7, 11) is 0. The molecule has 0 aliphatic carbocycles. The number of amides is 1. The second-order valence-electron chi connectivity index (χ2n) is 8.79. The Bertz CT molecular complexity index is 1150. The summed E-state index contributed by atoms with van der Waals surface area (Å²) in [6.45, 7) is 7.44. The van der Waals surface area contributed by atoms with Gasteiger partial charge in [0.25, 0.3) is 0 Å². The molecule has 12 heteroatoms. The van der Waals surface area contributed by atoms with Gasteiger partial charge in [0.1, 0.15) is 11.6 Å². The number of alkyl halides is 3. The first-order valence-corrected chi connectivity index (χ1v) is 11.7. The number of carbonyl (C=O) groups excluding carboxylic acids is 1. The van der Waals surface area contributed by atoms with Crippen molar-refractivity contribution in [2.45, 2.75) is 32.6 Å². The summed E-state index contributed by atoms with van der Waals surface area (Å²) in [6, 6.07) is 6.45. The third-order valence-corrected chi connectivity index (χ3v) is 6.05. The van der Waals surface area contributed by atoms with E-state index in [-0.39, 0.29) is 11.9 Å². The molecule has 0 bridgehead atoms. The molecular formula is C24H29F3N8O. The topological polar surface area (TPSA) is 102 Å². The summed E-state index contributed by atoms with van der Waals surface area (Å²) >= 11 is 0. The highest BCUT2D eigenvalue weighted by Gasteiger charge is 2.32. The van der Waals surface area contributed by atoms with Gasteiger partial charge in [-0.1, -0.05) is 0 Å². The molecule has 1 unspecified atom stereocenters. The van der Waals surface area contributed by atoms with Crippen molar-refractivity contribution in [1.82, 2.24) is 30.4 Å². The van der Waals surface area contributed by atoms with Crippen LogP contribution in [0.25, 0.3) is 11.3 Å². The molecule has 3 N–H and O–H groups in total. The fraction of sp³-hybridized carbons (Fsp3) is 0.417. The van der Waals surface area contributed by atoms with Gasteiger partial charge in [0.15, 0.2) is 0 Å². The number of nitrogens with one attached hydrogen (secondary N) is 3. The number of hydrogen-bond acceptors (Lipinski definition) is 7. The number of rotatable bonds is 8. The minimum absolute atomic E-state index is 0.0704. The van der Waals surface area contributed by atoms with Gasteiger partial charge < -0.3 is 15.5 Å². The predicted octanol–water partition coefficient (Wildman–Crippen LogP) is 3.14. The van der Waals surface area contributed by atoms with Crippen molar-refractivity contribution in [2.75, 3.05) is 42.9 Å². The summed E-state index contributed by atoms with van der Waals surface area (Å²) in [5, 5.41) is 13.2. The molecule has 0 aromatic carbocycles. The molecule has 9 nitrogen and oxygen atoms in total. The maximum atomic E-state index is 12.8. The number of nitrogens with zero attached hydrogens (tertiary/aromatic N) is 5. The van der Waals surface area contributed by atoms with Crippen LogP contribution in [0.5, 0.6) is 0 Å². The number of H-pyrrole nitrogens is 1. The average molecular weight is 503 g/mol. The smallest absolute Gasteiger partial charge is 0.368 e. The number of aromatic nitrogens is 4. The van der Waals surface area contributed by atoms with Crippen LogP contribution in [0.1, 0.15) is 25.0 Å². The van der Waals surface area contributed by atoms with Crippen LogP contribution in [0, 0.1) is 0 Å². The third-order valence-electron chi connectivity index (χ3n) is 6.05. The molecule has 1 aliphatic rings. The zero-order chi connectivity index (χ0) is 25.7. The Labute approximate surface area is 207 Å². The highest BCUT2D eigenvalue weighted by atomic mass is 19.4. The molecule has 0 spiro atoms. The summed E-state index contributed by atoms with van der Waals surface area (Å²) < 4.78 is 38.5. The molecule has 1 saturated heterocycles. The van der Waals surface area contributed by atoms with Gasteiger partial charge in [-0.2, -0.15) is 18.3 Å². The van der Waals surface area contributed by atoms with E-state index in [4.69, 9.17) is 0 Å². The van der Waals surface area contributed by atoms with Gasteiger partial charge in [-0.05, 0) is 31.2 Å². The van der Waals surface area contributed by atoms with Crippen LogP contribution in [-0.2, 0) is 17.5 Å². The van der Waals surface area contributed by atoms with Gasteiger partial charge in [0.2, 0.25) is 5.91 Å². The predicted molar refractivity (Wildman–Crippen MR) is 130 cm³/mol. The Morgan fingerprint density at radius 1 is 1.11 bits per heavy atom. The second kappa shape index (κ2) is 10.9. The molecule has 1 amide bonds. The summed E-state index contributed by atoms with van der Waals surface area (Å²) in [5.74, 6) is 1.20. The quantitative estimate of drug-likeness (QED) is 0.407. The number of halogens is 3. The number of pyridine rings is 2. The van der Waals surface area contributed by atoms with Gasteiger partial charge in [-0.25, -0.2) is 9.97 Å². The molecular weight excluding hydrogens is 473 g/mol. The van der Waals surface area contributed by atoms with Gasteiger partial charge in [0, 0.05) is 75.8 Å². The van der Waals surface area contributed by atoms with Crippen molar-refractivity contribution >= 4 is 17.5 Å². The molecule has 4 heterocycles. The van der Waals surface area contributed by atoms with E-state index in [2.05, 4.69) is 35.7 Å². The second-order valence-corrected chi connectivity index (χ2v) is 8.79. The average Bonchev–Trinajstić information content (AvgIpc) is 3.30. The third kappa shape index (κ3) is 6.30. The summed E-state index contributed by atoms with van der Waals surface area (Å²) in [6.07, 6.45) is 0.0836. The van der Waals surface area contributed by atoms with Crippen LogP contribution in [0.2, 0.25) is 0 Å². The van der Waals surface area contributed by atoms with Crippen molar-refractivity contribution in [3.8, 4) is 11.3 Å². The van der Waals surface area contributed by atoms with E-state index >= 15 is 0 Å². The Morgan fingerprint density at radius 3 is 2.58 bits per heavy atom. The SMILES string of the molecule is CC(=O)NCCNc1ccc(-c2[nH]ncc2CN2CCN(c3ccc(C(F)(F)F)cn3)C(C)C2)cn1. The van der Waals surface area contributed by atoms with Crippen molar-refractivity contribution in [1.29, 1.82) is 0 Å². The lowest BCUT2D eigenvalue weighted by Crippen LogP contribution is -2.51. The summed E-state index contributed by atoms with van der Waals surface area (Å²) in [4.78, 5) is 23.8. The largest absolute Gasteiger partial charge is 0.417 e. The molecule has 36 heavy (non-hydrogen) atoms. The van der Waals surface area contributed by atoms with E-state index in [0.717, 1.165) is 42.2 Å². The summed E-state index contributed by atoms with van der Waals surface area (Å²) in [5.41, 5.74) is 2.10. The monoisotopic (exact) mass is 502 g/mol. The molecule has 1 aliphatic heterocycles. The molecule has 192 valence electrons. The molecule has 0 saturated carbocycles. The molecule has 0 radical (unpaired) electrons. The van der Waals surface area contributed by atoms with Crippen LogP contribution < -0.4 is 15.5 Å². The van der Waals surface area contributed by atoms with Gasteiger partial charge in [-0.15, -0.1) is 0 Å². The maximum Gasteiger partial charge on any atom is 0.417 e. The first kappa shape index (κ1) is 25.4. The van der Waals surface area contributed by atoms with E-state index in [1.807, 2.05) is 30.2 Å². The molecule has 3 aromatic heterocycles. The Balaban J connectivity index is 1.34. The molecule has 1 atom stereocenters. The van der Waals surface area contributed by atoms with Gasteiger partial charge in [-0.3, -0.25) is 14.8 Å². The highest BCUT2D eigenvalue weighted by molar-refractivity contribution is 5.72. The Morgan fingerprint density at radius 2 is 1.94 bits per heavy atom. The lowest BCUT2D eigenvalue weighted by molar-refractivity contribution is -0.137. The van der Waals surface area contributed by atoms with Crippen LogP contribution in [-0.4, -0.2) is 69.7 Å². The van der Waals surface area contributed by atoms with Gasteiger partial charge in [0.05, 0.1) is 17.5 Å². The Kier molecular flexibility index (Phi) is 7.73. The first-order valence-electron chi connectivity index (χ1n) is 11.7. The van der Waals surface area contributed by atoms with E-state index < -0.39 is 11.7 Å². The van der Waals surface area contributed by atoms with E-state index in [0.29, 0.717) is 37.8 Å². The van der Waals surface area contributed by atoms with Crippen molar-refractivity contribution in [2.24, 2.45) is 0 Å². The van der Waals surface area contributed by atoms with Crippen LogP contribution in [0.15, 0.2) is 42.9 Å². The standard InChI is InChI=1S/C24H29F3N8O/c1-16-14-34(9-10-35(16)22-6-4-20(13-31-22)24(25,26)27)15-19-12-32-33-23(19)18-3-5-21(30-11-18)29-8-7-28-17(2)36/h3-6,11-13,16H,7-10,14-15H2,1-2H3,(H,28,36)(H,29,30)(H,32,33).